The van der Waals surface area contributed by atoms with Gasteiger partial charge in [-0.05, 0) is 19.3 Å². The Hall–Kier alpha value is -0.620. The molecule has 1 aromatic rings. The Labute approximate surface area is 95.9 Å². The van der Waals surface area contributed by atoms with E-state index in [1.54, 1.807) is 0 Å². The lowest BCUT2D eigenvalue weighted by Gasteiger charge is -2.06. The lowest BCUT2D eigenvalue weighted by Crippen LogP contribution is -2.18. The van der Waals surface area contributed by atoms with Crippen LogP contribution < -0.4 is 5.32 Å². The molecule has 2 rings (SSSR count). The molecule has 0 bridgehead atoms. The maximum Gasteiger partial charge on any atom is 0.434 e. The molecule has 0 spiro atoms. The van der Waals surface area contributed by atoms with Crippen molar-refractivity contribution in [1.82, 2.24) is 10.3 Å². The van der Waals surface area contributed by atoms with Crippen molar-refractivity contribution < 1.29 is 13.2 Å². The van der Waals surface area contributed by atoms with Crippen LogP contribution in [0.1, 0.15) is 35.3 Å². The van der Waals surface area contributed by atoms with Crippen molar-refractivity contribution in [3.8, 4) is 0 Å². The third-order valence-electron chi connectivity index (χ3n) is 2.44. The van der Waals surface area contributed by atoms with Gasteiger partial charge in [-0.25, -0.2) is 4.98 Å². The molecule has 2 nitrogen and oxygen atoms in total. The Morgan fingerprint density at radius 1 is 1.44 bits per heavy atom. The number of aryl methyl sites for hydroxylation is 1. The summed E-state index contributed by atoms with van der Waals surface area (Å²) < 4.78 is 38.0. The van der Waals surface area contributed by atoms with Gasteiger partial charge >= 0.3 is 6.18 Å². The summed E-state index contributed by atoms with van der Waals surface area (Å²) in [6.45, 7) is 2.11. The first-order chi connectivity index (χ1) is 7.50. The van der Waals surface area contributed by atoms with E-state index in [2.05, 4.69) is 10.3 Å². The zero-order chi connectivity index (χ0) is 11.8. The van der Waals surface area contributed by atoms with E-state index >= 15 is 0 Å². The van der Waals surface area contributed by atoms with Crippen molar-refractivity contribution in [2.45, 2.75) is 44.9 Å². The summed E-state index contributed by atoms with van der Waals surface area (Å²) in [6.07, 6.45) is -1.64. The number of hydrogen-bond donors (Lipinski definition) is 1. The Morgan fingerprint density at radius 3 is 2.62 bits per heavy atom. The van der Waals surface area contributed by atoms with Crippen molar-refractivity contribution in [2.24, 2.45) is 0 Å². The molecule has 1 N–H and O–H groups in total. The van der Waals surface area contributed by atoms with Gasteiger partial charge in [0.25, 0.3) is 0 Å². The number of nitrogens with zero attached hydrogens (tertiary/aromatic N) is 1. The summed E-state index contributed by atoms with van der Waals surface area (Å²) in [6, 6.07) is 0.410. The number of aromatic nitrogens is 1. The molecule has 1 aliphatic rings. The van der Waals surface area contributed by atoms with E-state index < -0.39 is 11.9 Å². The van der Waals surface area contributed by atoms with E-state index in [9.17, 15) is 13.2 Å². The third kappa shape index (κ3) is 2.74. The van der Waals surface area contributed by atoms with Crippen LogP contribution in [-0.4, -0.2) is 11.0 Å². The molecule has 1 aliphatic carbocycles. The average molecular weight is 250 g/mol. The van der Waals surface area contributed by atoms with Gasteiger partial charge < -0.3 is 5.32 Å². The zero-order valence-corrected chi connectivity index (χ0v) is 9.71. The van der Waals surface area contributed by atoms with Crippen LogP contribution in [-0.2, 0) is 19.1 Å². The molecule has 1 aromatic heterocycles. The molecule has 0 radical (unpaired) electrons. The molecule has 0 atom stereocenters. The smallest absolute Gasteiger partial charge is 0.309 e. The lowest BCUT2D eigenvalue weighted by atomic mass is 10.3. The van der Waals surface area contributed by atoms with Gasteiger partial charge in [0.1, 0.15) is 0 Å². The van der Waals surface area contributed by atoms with Gasteiger partial charge in [-0.2, -0.15) is 13.2 Å². The van der Waals surface area contributed by atoms with E-state index in [-0.39, 0.29) is 6.54 Å². The summed E-state index contributed by atoms with van der Waals surface area (Å²) in [7, 11) is 0. The Balaban J connectivity index is 2.15. The van der Waals surface area contributed by atoms with Crippen LogP contribution in [0.25, 0.3) is 0 Å². The number of hydrogen-bond acceptors (Lipinski definition) is 3. The molecular formula is C10H13F3N2S. The lowest BCUT2D eigenvalue weighted by molar-refractivity contribution is -0.141. The van der Waals surface area contributed by atoms with Crippen LogP contribution in [0.15, 0.2) is 0 Å². The molecule has 0 aromatic carbocycles. The summed E-state index contributed by atoms with van der Waals surface area (Å²) in [5.41, 5.74) is -0.706. The average Bonchev–Trinajstić information content (AvgIpc) is 2.92. The summed E-state index contributed by atoms with van der Waals surface area (Å²) in [5.74, 6) is 0. The minimum absolute atomic E-state index is 0.289. The quantitative estimate of drug-likeness (QED) is 0.888. The van der Waals surface area contributed by atoms with Crippen LogP contribution in [0, 0.1) is 0 Å². The van der Waals surface area contributed by atoms with Crippen LogP contribution in [0.4, 0.5) is 13.2 Å². The molecule has 0 aliphatic heterocycles. The Bertz CT molecular complexity index is 369. The standard InChI is InChI=1S/C10H13F3N2S/c1-2-8-15-9(10(11,12)13)7(16-8)5-14-6-3-4-6/h6,14H,2-5H2,1H3. The molecule has 90 valence electrons. The highest BCUT2D eigenvalue weighted by Crippen LogP contribution is 2.34. The summed E-state index contributed by atoms with van der Waals surface area (Å²) in [4.78, 5) is 3.97. The van der Waals surface area contributed by atoms with Crippen molar-refractivity contribution >= 4 is 11.3 Å². The predicted octanol–water partition coefficient (Wildman–Crippen LogP) is 2.98. The third-order valence-corrected chi connectivity index (χ3v) is 3.64. The van der Waals surface area contributed by atoms with Crippen molar-refractivity contribution in [3.05, 3.63) is 15.6 Å². The normalized spacial score (nSPS) is 16.8. The Morgan fingerprint density at radius 2 is 2.12 bits per heavy atom. The molecule has 1 heterocycles. The summed E-state index contributed by atoms with van der Waals surface area (Å²) >= 11 is 1.16. The molecule has 1 saturated carbocycles. The highest BCUT2D eigenvalue weighted by molar-refractivity contribution is 7.11. The molecule has 1 fully saturated rings. The van der Waals surface area contributed by atoms with Crippen molar-refractivity contribution in [2.75, 3.05) is 0 Å². The van der Waals surface area contributed by atoms with Crippen LogP contribution >= 0.6 is 11.3 Å². The van der Waals surface area contributed by atoms with Gasteiger partial charge in [0, 0.05) is 12.6 Å². The molecule has 6 heteroatoms. The van der Waals surface area contributed by atoms with Gasteiger partial charge in [0.2, 0.25) is 0 Å². The van der Waals surface area contributed by atoms with Gasteiger partial charge in [-0.1, -0.05) is 6.92 Å². The van der Waals surface area contributed by atoms with E-state index in [0.717, 1.165) is 24.2 Å². The molecule has 0 amide bonds. The van der Waals surface area contributed by atoms with Crippen molar-refractivity contribution in [3.63, 3.8) is 0 Å². The number of thiazole rings is 1. The second kappa shape index (κ2) is 4.33. The molecule has 16 heavy (non-hydrogen) atoms. The topological polar surface area (TPSA) is 24.9 Å². The highest BCUT2D eigenvalue weighted by Gasteiger charge is 2.37. The second-order valence-electron chi connectivity index (χ2n) is 3.89. The first-order valence-corrected chi connectivity index (χ1v) is 6.11. The van der Waals surface area contributed by atoms with Crippen LogP contribution in [0.3, 0.4) is 0 Å². The van der Waals surface area contributed by atoms with Crippen LogP contribution in [0.5, 0.6) is 0 Å². The first-order valence-electron chi connectivity index (χ1n) is 5.30. The fourth-order valence-corrected chi connectivity index (χ4v) is 2.40. The molecule has 0 saturated heterocycles. The minimum Gasteiger partial charge on any atom is -0.309 e. The number of nitrogens with one attached hydrogen (secondary N) is 1. The minimum atomic E-state index is -4.33. The van der Waals surface area contributed by atoms with E-state index in [1.165, 1.54) is 0 Å². The maximum atomic E-state index is 12.7. The van der Waals surface area contributed by atoms with E-state index in [4.69, 9.17) is 0 Å². The Kier molecular flexibility index (Phi) is 3.21. The van der Waals surface area contributed by atoms with Crippen molar-refractivity contribution in [1.29, 1.82) is 0 Å². The molecular weight excluding hydrogens is 237 g/mol. The van der Waals surface area contributed by atoms with E-state index in [1.807, 2.05) is 6.92 Å². The fraction of sp³-hybridized carbons (Fsp3) is 0.700. The highest BCUT2D eigenvalue weighted by atomic mass is 32.1. The second-order valence-corrected chi connectivity index (χ2v) is 5.05. The number of rotatable bonds is 4. The zero-order valence-electron chi connectivity index (χ0n) is 8.90. The summed E-state index contributed by atoms with van der Waals surface area (Å²) in [5, 5.41) is 3.65. The van der Waals surface area contributed by atoms with E-state index in [0.29, 0.717) is 22.3 Å². The van der Waals surface area contributed by atoms with Gasteiger partial charge in [0.05, 0.1) is 9.88 Å². The maximum absolute atomic E-state index is 12.7. The van der Waals surface area contributed by atoms with Gasteiger partial charge in [0.15, 0.2) is 5.69 Å². The largest absolute Gasteiger partial charge is 0.434 e. The van der Waals surface area contributed by atoms with Crippen LogP contribution in [0.2, 0.25) is 0 Å². The SMILES string of the molecule is CCc1nc(C(F)(F)F)c(CNC2CC2)s1. The fourth-order valence-electron chi connectivity index (χ4n) is 1.42. The number of alkyl halides is 3. The first kappa shape index (κ1) is 11.9. The monoisotopic (exact) mass is 250 g/mol. The number of halogens is 3. The van der Waals surface area contributed by atoms with Gasteiger partial charge in [-0.15, -0.1) is 11.3 Å². The van der Waals surface area contributed by atoms with Gasteiger partial charge in [-0.3, -0.25) is 0 Å². The molecule has 0 unspecified atom stereocenters. The predicted molar refractivity (Wildman–Crippen MR) is 56.4 cm³/mol.